The van der Waals surface area contributed by atoms with Gasteiger partial charge in [-0.05, 0) is 101 Å². The van der Waals surface area contributed by atoms with E-state index in [0.29, 0.717) is 31.2 Å². The Morgan fingerprint density at radius 3 is 2.34 bits per heavy atom. The van der Waals surface area contributed by atoms with Gasteiger partial charge in [-0.2, -0.15) is 0 Å². The maximum atomic E-state index is 13.5. The second kappa shape index (κ2) is 10.8. The average Bonchev–Trinajstić information content (AvgIpc) is 3.43. The molecule has 5 rings (SSSR count). The minimum absolute atomic E-state index is 0.00910. The van der Waals surface area contributed by atoms with E-state index in [1.165, 1.54) is 5.56 Å². The fourth-order valence-corrected chi connectivity index (χ4v) is 5.50. The van der Waals surface area contributed by atoms with Crippen molar-refractivity contribution in [3.8, 4) is 0 Å². The van der Waals surface area contributed by atoms with E-state index >= 15 is 0 Å². The molecule has 2 aromatic carbocycles. The summed E-state index contributed by atoms with van der Waals surface area (Å²) in [4.78, 5) is 30.8. The number of benzene rings is 2. The zero-order valence-corrected chi connectivity index (χ0v) is 25.3. The molecule has 41 heavy (non-hydrogen) atoms. The molecule has 3 aromatic rings. The van der Waals surface area contributed by atoms with Crippen LogP contribution >= 0.6 is 0 Å². The van der Waals surface area contributed by atoms with Crippen molar-refractivity contribution in [3.05, 3.63) is 65.4 Å². The lowest BCUT2D eigenvalue weighted by Gasteiger charge is -2.32. The summed E-state index contributed by atoms with van der Waals surface area (Å²) < 4.78 is 17.9. The molecule has 1 aromatic heterocycles. The predicted octanol–water partition coefficient (Wildman–Crippen LogP) is 5.51. The summed E-state index contributed by atoms with van der Waals surface area (Å²) in [6.45, 7) is 15.5. The van der Waals surface area contributed by atoms with Crippen LogP contribution in [0.25, 0.3) is 10.9 Å². The summed E-state index contributed by atoms with van der Waals surface area (Å²) in [5.74, 6) is 0.369. The number of likely N-dealkylation sites (tertiary alicyclic amines) is 1. The summed E-state index contributed by atoms with van der Waals surface area (Å²) in [5.41, 5.74) is 3.27. The van der Waals surface area contributed by atoms with Gasteiger partial charge >= 0.3 is 13.2 Å². The summed E-state index contributed by atoms with van der Waals surface area (Å²) in [6, 6.07) is 16.2. The molecule has 2 aliphatic rings. The van der Waals surface area contributed by atoms with E-state index in [2.05, 4.69) is 22.4 Å². The van der Waals surface area contributed by atoms with Crippen LogP contribution in [0.1, 0.15) is 88.8 Å². The lowest BCUT2D eigenvalue weighted by molar-refractivity contribution is 0.00578. The largest absolute Gasteiger partial charge is 0.495 e. The van der Waals surface area contributed by atoms with Gasteiger partial charge in [0.1, 0.15) is 11.3 Å². The number of hydrogen-bond donors (Lipinski definition) is 2. The molecular formula is C32H42BN3O5. The Morgan fingerprint density at radius 2 is 1.68 bits per heavy atom. The Balaban J connectivity index is 1.22. The third-order valence-electron chi connectivity index (χ3n) is 8.48. The zero-order valence-electron chi connectivity index (χ0n) is 25.3. The first-order valence-corrected chi connectivity index (χ1v) is 14.5. The third kappa shape index (κ3) is 6.31. The number of H-pyrrole nitrogens is 1. The van der Waals surface area contributed by atoms with E-state index in [9.17, 15) is 9.59 Å². The lowest BCUT2D eigenvalue weighted by Crippen LogP contribution is -2.41. The van der Waals surface area contributed by atoms with Gasteiger partial charge in [0, 0.05) is 25.2 Å². The van der Waals surface area contributed by atoms with Gasteiger partial charge in [0.25, 0.3) is 5.91 Å². The van der Waals surface area contributed by atoms with Gasteiger partial charge in [-0.15, -0.1) is 0 Å². The summed E-state index contributed by atoms with van der Waals surface area (Å²) in [5, 5.41) is 3.78. The highest BCUT2D eigenvalue weighted by molar-refractivity contribution is 6.65. The van der Waals surface area contributed by atoms with Crippen LogP contribution in [0.5, 0.6) is 0 Å². The normalized spacial score (nSPS) is 19.0. The first kappa shape index (κ1) is 29.2. The van der Waals surface area contributed by atoms with Crippen LogP contribution in [0.15, 0.2) is 48.5 Å². The maximum absolute atomic E-state index is 13.5. The van der Waals surface area contributed by atoms with Gasteiger partial charge in [0.2, 0.25) is 0 Å². The smallest absolute Gasteiger partial charge is 0.444 e. The van der Waals surface area contributed by atoms with Crippen LogP contribution in [-0.2, 0) is 20.6 Å². The Bertz CT molecular complexity index is 1420. The van der Waals surface area contributed by atoms with Crippen molar-refractivity contribution in [2.75, 3.05) is 13.1 Å². The number of hydrogen-bond acceptors (Lipinski definition) is 5. The molecule has 0 spiro atoms. The van der Waals surface area contributed by atoms with Crippen molar-refractivity contribution < 1.29 is 23.6 Å². The van der Waals surface area contributed by atoms with Crippen molar-refractivity contribution in [1.29, 1.82) is 0 Å². The lowest BCUT2D eigenvalue weighted by atomic mass is 9.77. The summed E-state index contributed by atoms with van der Waals surface area (Å²) >= 11 is 0. The van der Waals surface area contributed by atoms with Crippen LogP contribution < -0.4 is 10.8 Å². The number of carbonyl (C=O) groups is 2. The highest BCUT2D eigenvalue weighted by Crippen LogP contribution is 2.37. The van der Waals surface area contributed by atoms with E-state index < -0.39 is 30.0 Å². The van der Waals surface area contributed by atoms with Crippen molar-refractivity contribution >= 4 is 35.5 Å². The molecule has 0 radical (unpaired) electrons. The van der Waals surface area contributed by atoms with E-state index in [1.807, 2.05) is 89.8 Å². The fourth-order valence-electron chi connectivity index (χ4n) is 5.50. The molecule has 2 fully saturated rings. The summed E-state index contributed by atoms with van der Waals surface area (Å²) in [6.07, 6.45) is 1.34. The highest BCUT2D eigenvalue weighted by atomic mass is 16.7. The number of alkyl carbamates (subject to hydrolysis) is 1. The number of piperidine rings is 1. The first-order valence-electron chi connectivity index (χ1n) is 14.5. The topological polar surface area (TPSA) is 92.9 Å². The predicted molar refractivity (Wildman–Crippen MR) is 161 cm³/mol. The first-order chi connectivity index (χ1) is 19.2. The Hall–Kier alpha value is -3.30. The van der Waals surface area contributed by atoms with Crippen LogP contribution in [0.4, 0.5) is 4.79 Å². The van der Waals surface area contributed by atoms with E-state index in [4.69, 9.17) is 14.0 Å². The maximum Gasteiger partial charge on any atom is 0.495 e. The monoisotopic (exact) mass is 559 g/mol. The standard InChI is InChI=1S/C32H42BN3O5/c1-30(2,3)39-29(38)34-20-21-10-8-11-23(18-21)22-14-16-36(17-15-22)28(37)27-19-24-25(12-9-13-26(24)35-27)33-40-31(4,5)32(6,7)41-33/h8-13,18-19,22,35H,14-17,20H2,1-7H3,(H,34,38). The minimum Gasteiger partial charge on any atom is -0.444 e. The van der Waals surface area contributed by atoms with E-state index in [1.54, 1.807) is 0 Å². The van der Waals surface area contributed by atoms with Crippen LogP contribution in [-0.4, -0.2) is 58.9 Å². The SMILES string of the molecule is CC(C)(C)OC(=O)NCc1cccc(C2CCN(C(=O)c3cc4c(B5OC(C)(C)C(C)(C)O5)cccc4[nH]3)CC2)c1. The molecule has 9 heteroatoms. The average molecular weight is 560 g/mol. The summed E-state index contributed by atoms with van der Waals surface area (Å²) in [7, 11) is -0.492. The number of aromatic amines is 1. The Labute approximate surface area is 243 Å². The second-order valence-corrected chi connectivity index (χ2v) is 13.2. The Morgan fingerprint density at radius 1 is 1.02 bits per heavy atom. The van der Waals surface area contributed by atoms with E-state index in [-0.39, 0.29) is 5.91 Å². The molecule has 8 nitrogen and oxygen atoms in total. The van der Waals surface area contributed by atoms with Crippen LogP contribution in [0.2, 0.25) is 0 Å². The Kier molecular flexibility index (Phi) is 7.72. The number of aromatic nitrogens is 1. The molecule has 2 saturated heterocycles. The van der Waals surface area contributed by atoms with Gasteiger partial charge in [-0.25, -0.2) is 4.79 Å². The molecule has 218 valence electrons. The van der Waals surface area contributed by atoms with Crippen LogP contribution in [0.3, 0.4) is 0 Å². The van der Waals surface area contributed by atoms with Crippen molar-refractivity contribution in [2.24, 2.45) is 0 Å². The molecular weight excluding hydrogens is 517 g/mol. The molecule has 2 amide bonds. The molecule has 3 heterocycles. The second-order valence-electron chi connectivity index (χ2n) is 13.2. The number of rotatable bonds is 5. The molecule has 0 unspecified atom stereocenters. The van der Waals surface area contributed by atoms with Gasteiger partial charge in [0.15, 0.2) is 0 Å². The quantitative estimate of drug-likeness (QED) is 0.402. The molecule has 0 atom stereocenters. The number of fused-ring (bicyclic) bond motifs is 1. The number of carbonyl (C=O) groups excluding carboxylic acids is 2. The molecule has 0 saturated carbocycles. The number of amides is 2. The third-order valence-corrected chi connectivity index (χ3v) is 8.48. The zero-order chi connectivity index (χ0) is 29.6. The molecule has 0 aliphatic carbocycles. The minimum atomic E-state index is -0.528. The van der Waals surface area contributed by atoms with Gasteiger partial charge in [0.05, 0.1) is 11.2 Å². The van der Waals surface area contributed by atoms with Crippen molar-refractivity contribution in [2.45, 2.75) is 90.6 Å². The van der Waals surface area contributed by atoms with E-state index in [0.717, 1.165) is 34.8 Å². The molecule has 0 bridgehead atoms. The van der Waals surface area contributed by atoms with Crippen molar-refractivity contribution in [3.63, 3.8) is 0 Å². The van der Waals surface area contributed by atoms with Crippen LogP contribution in [0, 0.1) is 0 Å². The fraction of sp³-hybridized carbons (Fsp3) is 0.500. The van der Waals surface area contributed by atoms with Gasteiger partial charge < -0.3 is 29.2 Å². The van der Waals surface area contributed by atoms with Crippen molar-refractivity contribution in [1.82, 2.24) is 15.2 Å². The molecule has 2 N–H and O–H groups in total. The van der Waals surface area contributed by atoms with Gasteiger partial charge in [-0.3, -0.25) is 4.79 Å². The molecule has 2 aliphatic heterocycles. The van der Waals surface area contributed by atoms with Gasteiger partial charge in [-0.1, -0.05) is 36.4 Å². The number of nitrogens with zero attached hydrogens (tertiary/aromatic N) is 1. The number of nitrogens with one attached hydrogen (secondary N) is 2. The number of ether oxygens (including phenoxy) is 1. The highest BCUT2D eigenvalue weighted by Gasteiger charge is 2.52.